The van der Waals surface area contributed by atoms with Crippen LogP contribution in [-0.4, -0.2) is 38.6 Å². The van der Waals surface area contributed by atoms with Crippen molar-refractivity contribution in [3.63, 3.8) is 0 Å². The molecular formula is C21H19N5O3. The molecule has 0 aliphatic heterocycles. The molecule has 2 heterocycles. The molecule has 0 radical (unpaired) electrons. The number of amides is 1. The highest BCUT2D eigenvalue weighted by atomic mass is 16.4. The Morgan fingerprint density at radius 2 is 1.76 bits per heavy atom. The van der Waals surface area contributed by atoms with Gasteiger partial charge in [0.25, 0.3) is 5.91 Å². The van der Waals surface area contributed by atoms with E-state index in [1.54, 1.807) is 54.0 Å². The maximum Gasteiger partial charge on any atom is 0.335 e. The molecule has 0 saturated carbocycles. The second kappa shape index (κ2) is 7.43. The van der Waals surface area contributed by atoms with E-state index in [2.05, 4.69) is 20.7 Å². The lowest BCUT2D eigenvalue weighted by atomic mass is 10.1. The van der Waals surface area contributed by atoms with Crippen molar-refractivity contribution in [3.8, 4) is 11.3 Å². The average molecular weight is 389 g/mol. The van der Waals surface area contributed by atoms with Crippen LogP contribution in [0.4, 0.5) is 11.6 Å². The molecule has 4 rings (SSSR count). The second-order valence-electron chi connectivity index (χ2n) is 6.28. The fourth-order valence-electron chi connectivity index (χ4n) is 2.97. The zero-order valence-electron chi connectivity index (χ0n) is 15.5. The molecule has 1 amide bonds. The second-order valence-corrected chi connectivity index (χ2v) is 6.28. The molecule has 0 bridgehead atoms. The maximum atomic E-state index is 11.6. The molecule has 0 atom stereocenters. The number of aromatic nitrogens is 3. The van der Waals surface area contributed by atoms with E-state index >= 15 is 0 Å². The summed E-state index contributed by atoms with van der Waals surface area (Å²) >= 11 is 0. The molecule has 2 aromatic carbocycles. The minimum atomic E-state index is -0.986. The molecule has 0 aliphatic rings. The third kappa shape index (κ3) is 3.63. The number of carbonyl (C=O) groups excluding carboxylic acids is 1. The van der Waals surface area contributed by atoms with Gasteiger partial charge in [0.1, 0.15) is 0 Å². The highest BCUT2D eigenvalue weighted by Crippen LogP contribution is 2.23. The summed E-state index contributed by atoms with van der Waals surface area (Å²) in [5.41, 5.74) is 3.56. The summed E-state index contributed by atoms with van der Waals surface area (Å²) in [5, 5.41) is 19.4. The van der Waals surface area contributed by atoms with Crippen molar-refractivity contribution in [2.75, 3.05) is 12.4 Å². The lowest BCUT2D eigenvalue weighted by Gasteiger charge is -2.05. The van der Waals surface area contributed by atoms with Crippen LogP contribution in [0.5, 0.6) is 0 Å². The van der Waals surface area contributed by atoms with Crippen LogP contribution in [0.15, 0.2) is 66.7 Å². The summed E-state index contributed by atoms with van der Waals surface area (Å²) in [6.45, 7) is 0. The van der Waals surface area contributed by atoms with Crippen molar-refractivity contribution >= 4 is 29.2 Å². The molecule has 0 spiro atoms. The monoisotopic (exact) mass is 389 g/mol. The Hall–Kier alpha value is -4.20. The van der Waals surface area contributed by atoms with Crippen LogP contribution in [0, 0.1) is 0 Å². The van der Waals surface area contributed by atoms with Gasteiger partial charge in [0, 0.05) is 25.3 Å². The first-order chi connectivity index (χ1) is 14.0. The first-order valence-corrected chi connectivity index (χ1v) is 8.84. The van der Waals surface area contributed by atoms with E-state index in [0.717, 1.165) is 16.9 Å². The van der Waals surface area contributed by atoms with Gasteiger partial charge in [-0.25, -0.2) is 9.31 Å². The Morgan fingerprint density at radius 1 is 1.00 bits per heavy atom. The minimum absolute atomic E-state index is 0. The predicted molar refractivity (Wildman–Crippen MR) is 111 cm³/mol. The van der Waals surface area contributed by atoms with Crippen molar-refractivity contribution in [3.05, 3.63) is 77.9 Å². The lowest BCUT2D eigenvalue weighted by molar-refractivity contribution is 0.0696. The number of benzene rings is 2. The molecule has 3 N–H and O–H groups in total. The predicted octanol–water partition coefficient (Wildman–Crippen LogP) is 3.44. The highest BCUT2D eigenvalue weighted by molar-refractivity contribution is 5.94. The largest absolute Gasteiger partial charge is 0.478 e. The fourth-order valence-corrected chi connectivity index (χ4v) is 2.97. The van der Waals surface area contributed by atoms with E-state index in [9.17, 15) is 14.7 Å². The Morgan fingerprint density at radius 3 is 2.48 bits per heavy atom. The third-order valence-electron chi connectivity index (χ3n) is 4.40. The summed E-state index contributed by atoms with van der Waals surface area (Å²) in [6, 6.07) is 19.1. The highest BCUT2D eigenvalue weighted by Gasteiger charge is 2.11. The van der Waals surface area contributed by atoms with E-state index in [0.29, 0.717) is 17.2 Å². The number of nitrogens with one attached hydrogen (secondary N) is 2. The number of hydrogen-bond acceptors (Lipinski definition) is 5. The number of carbonyl (C=O) groups is 2. The normalized spacial score (nSPS) is 10.7. The van der Waals surface area contributed by atoms with Crippen molar-refractivity contribution in [1.82, 2.24) is 19.9 Å². The Kier molecular flexibility index (Phi) is 4.66. The summed E-state index contributed by atoms with van der Waals surface area (Å²) in [4.78, 5) is 27.4. The molecule has 29 heavy (non-hydrogen) atoms. The quantitative estimate of drug-likeness (QED) is 0.482. The van der Waals surface area contributed by atoms with Crippen LogP contribution in [0.2, 0.25) is 0 Å². The van der Waals surface area contributed by atoms with Gasteiger partial charge in [-0.3, -0.25) is 4.79 Å². The molecular weight excluding hydrogens is 370 g/mol. The zero-order chi connectivity index (χ0) is 20.4. The SMILES string of the molecule is CNC(=O)c1ccc(Nc2nc3cccc(-c4cccc(C(=O)O)c4)n3n2)cc1.[HH]. The molecule has 0 aliphatic carbocycles. The number of carboxylic acids is 1. The topological polar surface area (TPSA) is 109 Å². The summed E-state index contributed by atoms with van der Waals surface area (Å²) < 4.78 is 1.65. The molecule has 8 nitrogen and oxygen atoms in total. The number of rotatable bonds is 5. The van der Waals surface area contributed by atoms with Crippen molar-refractivity contribution in [1.29, 1.82) is 0 Å². The molecule has 0 unspecified atom stereocenters. The van der Waals surface area contributed by atoms with Gasteiger partial charge < -0.3 is 15.7 Å². The molecule has 0 fully saturated rings. The molecule has 146 valence electrons. The number of anilines is 2. The summed E-state index contributed by atoms with van der Waals surface area (Å²) in [5.74, 6) is -0.754. The Bertz CT molecular complexity index is 1220. The summed E-state index contributed by atoms with van der Waals surface area (Å²) in [6.07, 6.45) is 0. The van der Waals surface area contributed by atoms with Gasteiger partial charge in [-0.15, -0.1) is 5.10 Å². The molecule has 2 aromatic heterocycles. The van der Waals surface area contributed by atoms with E-state index in [1.165, 1.54) is 0 Å². The molecule has 4 aromatic rings. The average Bonchev–Trinajstić information content (AvgIpc) is 3.16. The van der Waals surface area contributed by atoms with Crippen LogP contribution in [0.3, 0.4) is 0 Å². The van der Waals surface area contributed by atoms with Crippen molar-refractivity contribution in [2.45, 2.75) is 0 Å². The fraction of sp³-hybridized carbons (Fsp3) is 0.0476. The first kappa shape index (κ1) is 18.2. The first-order valence-electron chi connectivity index (χ1n) is 8.84. The van der Waals surface area contributed by atoms with Gasteiger partial charge in [0.2, 0.25) is 5.95 Å². The van der Waals surface area contributed by atoms with Gasteiger partial charge in [-0.2, -0.15) is 4.98 Å². The number of pyridine rings is 1. The Balaban J connectivity index is 0.00000256. The van der Waals surface area contributed by atoms with Gasteiger partial charge in [-0.05, 0) is 48.5 Å². The number of nitrogens with zero attached hydrogens (tertiary/aromatic N) is 3. The zero-order valence-corrected chi connectivity index (χ0v) is 15.5. The van der Waals surface area contributed by atoms with Gasteiger partial charge in [0.05, 0.1) is 11.3 Å². The van der Waals surface area contributed by atoms with Gasteiger partial charge in [-0.1, -0.05) is 18.2 Å². The van der Waals surface area contributed by atoms with Gasteiger partial charge >= 0.3 is 5.97 Å². The van der Waals surface area contributed by atoms with E-state index in [-0.39, 0.29) is 12.9 Å². The van der Waals surface area contributed by atoms with Crippen LogP contribution >= 0.6 is 0 Å². The number of hydrogen-bond donors (Lipinski definition) is 3. The standard InChI is InChI=1S/C21H17N5O3.H2/c1-22-19(27)13-8-10-16(11-9-13)23-21-24-18-7-3-6-17(26(18)25-21)14-4-2-5-15(12-14)20(28)29;/h2-12H,1H3,(H,22,27)(H,23,25)(H,28,29);1H. The number of fused-ring (bicyclic) bond motifs is 1. The van der Waals surface area contributed by atoms with E-state index in [4.69, 9.17) is 0 Å². The van der Waals surface area contributed by atoms with Gasteiger partial charge in [0.15, 0.2) is 5.65 Å². The van der Waals surface area contributed by atoms with Crippen molar-refractivity contribution < 1.29 is 16.1 Å². The number of aromatic carboxylic acids is 1. The van der Waals surface area contributed by atoms with Crippen LogP contribution in [0.25, 0.3) is 16.9 Å². The van der Waals surface area contributed by atoms with E-state index in [1.807, 2.05) is 24.3 Å². The third-order valence-corrected chi connectivity index (χ3v) is 4.40. The van der Waals surface area contributed by atoms with Crippen LogP contribution < -0.4 is 10.6 Å². The summed E-state index contributed by atoms with van der Waals surface area (Å²) in [7, 11) is 1.58. The van der Waals surface area contributed by atoms with Crippen molar-refractivity contribution in [2.24, 2.45) is 0 Å². The van der Waals surface area contributed by atoms with E-state index < -0.39 is 5.97 Å². The molecule has 0 saturated heterocycles. The number of carboxylic acid groups (broad SMARTS) is 1. The lowest BCUT2D eigenvalue weighted by Crippen LogP contribution is -2.17. The molecule has 8 heteroatoms. The van der Waals surface area contributed by atoms with Crippen LogP contribution in [0.1, 0.15) is 22.1 Å². The minimum Gasteiger partial charge on any atom is -0.478 e. The Labute approximate surface area is 167 Å². The van der Waals surface area contributed by atoms with Crippen LogP contribution in [-0.2, 0) is 0 Å². The smallest absolute Gasteiger partial charge is 0.335 e. The maximum absolute atomic E-state index is 11.6.